The van der Waals surface area contributed by atoms with Gasteiger partial charge in [-0.25, -0.2) is 4.79 Å². The first kappa shape index (κ1) is 19.6. The van der Waals surface area contributed by atoms with Gasteiger partial charge in [-0.3, -0.25) is 9.78 Å². The maximum atomic E-state index is 12.6. The number of amides is 1. The summed E-state index contributed by atoms with van der Waals surface area (Å²) in [7, 11) is 0. The third kappa shape index (κ3) is 4.75. The second kappa shape index (κ2) is 8.67. The molecule has 0 aliphatic heterocycles. The maximum Gasteiger partial charge on any atom is 0.348 e. The second-order valence-corrected chi connectivity index (χ2v) is 7.10. The lowest BCUT2D eigenvalue weighted by atomic mass is 10.1. The quantitative estimate of drug-likeness (QED) is 0.595. The predicted molar refractivity (Wildman–Crippen MR) is 108 cm³/mol. The van der Waals surface area contributed by atoms with Crippen LogP contribution in [-0.2, 0) is 4.74 Å². The van der Waals surface area contributed by atoms with Crippen molar-refractivity contribution in [1.29, 1.82) is 0 Å². The molecule has 2 aromatic heterocycles. The van der Waals surface area contributed by atoms with Gasteiger partial charge in [0.25, 0.3) is 5.91 Å². The van der Waals surface area contributed by atoms with Crippen LogP contribution in [0, 0.1) is 13.8 Å². The average molecular weight is 396 g/mol. The van der Waals surface area contributed by atoms with Crippen LogP contribution in [0.15, 0.2) is 48.7 Å². The Bertz CT molecular complexity index is 979. The number of aromatic nitrogens is 1. The molecule has 0 bridgehead atoms. The van der Waals surface area contributed by atoms with Crippen LogP contribution in [0.2, 0.25) is 0 Å². The number of anilines is 1. The van der Waals surface area contributed by atoms with Crippen molar-refractivity contribution in [3.05, 3.63) is 70.4 Å². The number of hydrogen-bond acceptors (Lipinski definition) is 6. The number of rotatable bonds is 6. The van der Waals surface area contributed by atoms with E-state index in [1.807, 2.05) is 32.0 Å². The van der Waals surface area contributed by atoms with Gasteiger partial charge in [-0.15, -0.1) is 0 Å². The molecule has 0 spiro atoms. The van der Waals surface area contributed by atoms with Gasteiger partial charge >= 0.3 is 5.97 Å². The Kier molecular flexibility index (Phi) is 6.06. The van der Waals surface area contributed by atoms with E-state index in [4.69, 9.17) is 9.47 Å². The Morgan fingerprint density at radius 1 is 1.11 bits per heavy atom. The summed E-state index contributed by atoms with van der Waals surface area (Å²) in [6.07, 6.45) is 1.59. The van der Waals surface area contributed by atoms with Crippen molar-refractivity contribution in [2.45, 2.75) is 20.8 Å². The fourth-order valence-electron chi connectivity index (χ4n) is 2.36. The number of thiophene rings is 1. The van der Waals surface area contributed by atoms with E-state index in [1.54, 1.807) is 37.4 Å². The highest BCUT2D eigenvalue weighted by Crippen LogP contribution is 2.39. The van der Waals surface area contributed by atoms with Gasteiger partial charge < -0.3 is 14.8 Å². The Balaban J connectivity index is 1.88. The molecule has 0 radical (unpaired) electrons. The summed E-state index contributed by atoms with van der Waals surface area (Å²) in [6.45, 7) is 5.83. The lowest BCUT2D eigenvalue weighted by molar-refractivity contribution is 0.0532. The number of aryl methyl sites for hydroxylation is 2. The van der Waals surface area contributed by atoms with Crippen molar-refractivity contribution < 1.29 is 19.1 Å². The van der Waals surface area contributed by atoms with Crippen molar-refractivity contribution >= 4 is 28.9 Å². The number of benzene rings is 1. The van der Waals surface area contributed by atoms with Gasteiger partial charge in [0, 0.05) is 11.3 Å². The summed E-state index contributed by atoms with van der Waals surface area (Å²) in [6, 6.07) is 12.4. The molecule has 28 heavy (non-hydrogen) atoms. The van der Waals surface area contributed by atoms with Gasteiger partial charge in [0.1, 0.15) is 10.6 Å². The molecule has 144 valence electrons. The zero-order chi connectivity index (χ0) is 20.1. The fraction of sp³-hybridized carbons (Fsp3) is 0.190. The highest BCUT2D eigenvalue weighted by molar-refractivity contribution is 7.16. The molecule has 0 aliphatic carbocycles. The van der Waals surface area contributed by atoms with E-state index < -0.39 is 5.97 Å². The van der Waals surface area contributed by atoms with Crippen molar-refractivity contribution in [3.63, 3.8) is 0 Å². The van der Waals surface area contributed by atoms with Gasteiger partial charge in [-0.2, -0.15) is 0 Å². The summed E-state index contributed by atoms with van der Waals surface area (Å²) < 4.78 is 10.9. The molecule has 2 heterocycles. The molecule has 0 saturated heterocycles. The number of carbonyl (C=O) groups excluding carboxylic acids is 2. The van der Waals surface area contributed by atoms with E-state index in [-0.39, 0.29) is 12.5 Å². The molecule has 7 heteroatoms. The number of nitrogens with zero attached hydrogens (tertiary/aromatic N) is 1. The van der Waals surface area contributed by atoms with Crippen molar-refractivity contribution in [2.75, 3.05) is 11.9 Å². The van der Waals surface area contributed by atoms with Gasteiger partial charge in [0.2, 0.25) is 5.06 Å². The molecular formula is C21H20N2O4S. The number of ether oxygens (including phenoxy) is 2. The number of hydrogen-bond donors (Lipinski definition) is 1. The zero-order valence-corrected chi connectivity index (χ0v) is 16.6. The zero-order valence-electron chi connectivity index (χ0n) is 15.8. The minimum absolute atomic E-state index is 0.264. The molecule has 1 N–H and O–H groups in total. The van der Waals surface area contributed by atoms with Crippen LogP contribution in [0.1, 0.15) is 38.2 Å². The predicted octanol–water partition coefficient (Wildman–Crippen LogP) is 4.98. The first-order valence-electron chi connectivity index (χ1n) is 8.75. The van der Waals surface area contributed by atoms with E-state index in [9.17, 15) is 9.59 Å². The number of nitrogens with one attached hydrogen (secondary N) is 1. The molecule has 3 rings (SSSR count). The summed E-state index contributed by atoms with van der Waals surface area (Å²) >= 11 is 1.11. The Labute approximate surface area is 167 Å². The molecule has 3 aromatic rings. The van der Waals surface area contributed by atoms with Gasteiger partial charge in [0.05, 0.1) is 18.5 Å². The van der Waals surface area contributed by atoms with Crippen LogP contribution in [0.5, 0.6) is 10.8 Å². The van der Waals surface area contributed by atoms with Crippen molar-refractivity contribution in [3.8, 4) is 10.8 Å². The normalized spacial score (nSPS) is 10.4. The van der Waals surface area contributed by atoms with E-state index >= 15 is 0 Å². The molecule has 0 unspecified atom stereocenters. The molecule has 0 aliphatic rings. The molecule has 1 aromatic carbocycles. The average Bonchev–Trinajstić information content (AvgIpc) is 3.07. The van der Waals surface area contributed by atoms with Crippen LogP contribution in [-0.4, -0.2) is 23.5 Å². The van der Waals surface area contributed by atoms with Crippen LogP contribution in [0.4, 0.5) is 5.69 Å². The largest absolute Gasteiger partial charge is 0.462 e. The Hall–Kier alpha value is -3.19. The Morgan fingerprint density at radius 3 is 2.50 bits per heavy atom. The second-order valence-electron chi connectivity index (χ2n) is 6.09. The minimum Gasteiger partial charge on any atom is -0.462 e. The summed E-state index contributed by atoms with van der Waals surface area (Å²) in [5.74, 6) is -0.246. The number of pyridine rings is 1. The van der Waals surface area contributed by atoms with Gasteiger partial charge in [-0.05, 0) is 51.1 Å². The SMILES string of the molecule is CCOC(=O)c1cc(NC(=O)c2ccc(C)cc2)c(Oc2ccc(C)nc2)s1. The van der Waals surface area contributed by atoms with Crippen LogP contribution in [0.3, 0.4) is 0 Å². The van der Waals surface area contributed by atoms with E-state index in [0.29, 0.717) is 26.9 Å². The van der Waals surface area contributed by atoms with Crippen LogP contribution >= 0.6 is 11.3 Å². The molecular weight excluding hydrogens is 376 g/mol. The summed E-state index contributed by atoms with van der Waals surface area (Å²) in [4.78, 5) is 29.2. The summed E-state index contributed by atoms with van der Waals surface area (Å²) in [5.41, 5.74) is 2.84. The van der Waals surface area contributed by atoms with Crippen molar-refractivity contribution in [2.24, 2.45) is 0 Å². The van der Waals surface area contributed by atoms with Crippen molar-refractivity contribution in [1.82, 2.24) is 4.98 Å². The highest BCUT2D eigenvalue weighted by Gasteiger charge is 2.19. The van der Waals surface area contributed by atoms with E-state index in [1.165, 1.54) is 0 Å². The lowest BCUT2D eigenvalue weighted by Crippen LogP contribution is -2.11. The topological polar surface area (TPSA) is 77.5 Å². The first-order chi connectivity index (χ1) is 13.5. The first-order valence-corrected chi connectivity index (χ1v) is 9.57. The molecule has 0 fully saturated rings. The molecule has 6 nitrogen and oxygen atoms in total. The lowest BCUT2D eigenvalue weighted by Gasteiger charge is -2.08. The van der Waals surface area contributed by atoms with Gasteiger partial charge in [-0.1, -0.05) is 29.0 Å². The number of carbonyl (C=O) groups is 2. The summed E-state index contributed by atoms with van der Waals surface area (Å²) in [5, 5.41) is 3.20. The van der Waals surface area contributed by atoms with Crippen LogP contribution in [0.25, 0.3) is 0 Å². The third-order valence-electron chi connectivity index (χ3n) is 3.83. The monoisotopic (exact) mass is 396 g/mol. The Morgan fingerprint density at radius 2 is 1.86 bits per heavy atom. The van der Waals surface area contributed by atoms with E-state index in [2.05, 4.69) is 10.3 Å². The fourth-order valence-corrected chi connectivity index (χ4v) is 3.24. The standard InChI is InChI=1S/C21H20N2O4S/c1-4-26-20(25)18-11-17(23-19(24)15-8-5-13(2)6-9-15)21(28-18)27-16-10-7-14(3)22-12-16/h5-12H,4H2,1-3H3,(H,23,24). The molecule has 0 atom stereocenters. The molecule has 0 saturated carbocycles. The third-order valence-corrected chi connectivity index (χ3v) is 4.82. The van der Waals surface area contributed by atoms with Gasteiger partial charge in [0.15, 0.2) is 0 Å². The maximum absolute atomic E-state index is 12.6. The van der Waals surface area contributed by atoms with Crippen LogP contribution < -0.4 is 10.1 Å². The highest BCUT2D eigenvalue weighted by atomic mass is 32.1. The number of esters is 1. The minimum atomic E-state index is -0.463. The molecule has 1 amide bonds. The van der Waals surface area contributed by atoms with E-state index in [0.717, 1.165) is 22.6 Å². The smallest absolute Gasteiger partial charge is 0.348 e.